The predicted octanol–water partition coefficient (Wildman–Crippen LogP) is 3.83. The van der Waals surface area contributed by atoms with Gasteiger partial charge in [0.2, 0.25) is 0 Å². The molecule has 128 valence electrons. The molecule has 4 rings (SSSR count). The van der Waals surface area contributed by atoms with Gasteiger partial charge in [0, 0.05) is 24.8 Å². The Hall–Kier alpha value is -2.47. The van der Waals surface area contributed by atoms with Crippen molar-refractivity contribution in [2.24, 2.45) is 0 Å². The van der Waals surface area contributed by atoms with E-state index < -0.39 is 0 Å². The van der Waals surface area contributed by atoms with Crippen LogP contribution in [0.5, 0.6) is 0 Å². The lowest BCUT2D eigenvalue weighted by Gasteiger charge is -2.15. The molecule has 0 fully saturated rings. The van der Waals surface area contributed by atoms with E-state index in [9.17, 15) is 9.18 Å². The summed E-state index contributed by atoms with van der Waals surface area (Å²) in [5.41, 5.74) is 4.54. The van der Waals surface area contributed by atoms with Crippen LogP contribution in [0.15, 0.2) is 41.1 Å². The molecule has 6 heteroatoms. The lowest BCUT2D eigenvalue weighted by atomic mass is 10.2. The molecule has 0 bridgehead atoms. The fourth-order valence-electron chi connectivity index (χ4n) is 3.31. The molecular formula is C19H18FN3OS. The van der Waals surface area contributed by atoms with Gasteiger partial charge < -0.3 is 4.90 Å². The molecule has 0 radical (unpaired) electrons. The van der Waals surface area contributed by atoms with Gasteiger partial charge in [-0.1, -0.05) is 0 Å². The SMILES string of the molecule is CN(Cc1ccsc1)C(=O)c1nn(-c2ccc(F)cc2)c2c1CCC2. The van der Waals surface area contributed by atoms with E-state index in [1.807, 2.05) is 16.8 Å². The molecule has 0 saturated heterocycles. The molecule has 0 spiro atoms. The van der Waals surface area contributed by atoms with Gasteiger partial charge in [-0.3, -0.25) is 4.79 Å². The molecule has 0 atom stereocenters. The number of aromatic nitrogens is 2. The maximum Gasteiger partial charge on any atom is 0.274 e. The fourth-order valence-corrected chi connectivity index (χ4v) is 3.97. The summed E-state index contributed by atoms with van der Waals surface area (Å²) in [6.07, 6.45) is 2.77. The molecular weight excluding hydrogens is 337 g/mol. The van der Waals surface area contributed by atoms with E-state index in [1.54, 1.807) is 40.1 Å². The first-order chi connectivity index (χ1) is 12.1. The number of rotatable bonds is 4. The van der Waals surface area contributed by atoms with Crippen molar-refractivity contribution < 1.29 is 9.18 Å². The summed E-state index contributed by atoms with van der Waals surface area (Å²) < 4.78 is 15.0. The Kier molecular flexibility index (Phi) is 4.13. The Bertz CT molecular complexity index is 900. The van der Waals surface area contributed by atoms with E-state index in [0.717, 1.165) is 41.8 Å². The average molecular weight is 355 g/mol. The zero-order valence-electron chi connectivity index (χ0n) is 13.9. The Morgan fingerprint density at radius 2 is 2.08 bits per heavy atom. The molecule has 2 heterocycles. The molecule has 4 nitrogen and oxygen atoms in total. The van der Waals surface area contributed by atoms with Crippen LogP contribution in [0.25, 0.3) is 5.69 Å². The van der Waals surface area contributed by atoms with Crippen LogP contribution in [0, 0.1) is 5.82 Å². The third kappa shape index (κ3) is 2.98. The fraction of sp³-hybridized carbons (Fsp3) is 0.263. The van der Waals surface area contributed by atoms with Crippen LogP contribution < -0.4 is 0 Å². The van der Waals surface area contributed by atoms with E-state index in [4.69, 9.17) is 0 Å². The number of thiophene rings is 1. The minimum absolute atomic E-state index is 0.0646. The van der Waals surface area contributed by atoms with Crippen LogP contribution >= 0.6 is 11.3 Å². The van der Waals surface area contributed by atoms with E-state index >= 15 is 0 Å². The van der Waals surface area contributed by atoms with Crippen molar-refractivity contribution in [3.63, 3.8) is 0 Å². The van der Waals surface area contributed by atoms with Gasteiger partial charge in [0.25, 0.3) is 5.91 Å². The van der Waals surface area contributed by atoms with Crippen molar-refractivity contribution in [3.05, 3.63) is 69.4 Å². The molecule has 2 aromatic heterocycles. The monoisotopic (exact) mass is 355 g/mol. The Balaban J connectivity index is 1.67. The summed E-state index contributed by atoms with van der Waals surface area (Å²) in [4.78, 5) is 14.6. The third-order valence-electron chi connectivity index (χ3n) is 4.55. The van der Waals surface area contributed by atoms with Gasteiger partial charge in [0.1, 0.15) is 5.82 Å². The molecule has 1 aliphatic rings. The normalized spacial score (nSPS) is 13.0. The Morgan fingerprint density at radius 1 is 1.28 bits per heavy atom. The van der Waals surface area contributed by atoms with Crippen LogP contribution in [0.4, 0.5) is 4.39 Å². The summed E-state index contributed by atoms with van der Waals surface area (Å²) in [6.45, 7) is 0.570. The summed E-state index contributed by atoms with van der Waals surface area (Å²) in [5.74, 6) is -0.343. The van der Waals surface area contributed by atoms with Crippen molar-refractivity contribution in [1.82, 2.24) is 14.7 Å². The summed E-state index contributed by atoms with van der Waals surface area (Å²) in [7, 11) is 1.80. The van der Waals surface area contributed by atoms with E-state index in [0.29, 0.717) is 12.2 Å². The van der Waals surface area contributed by atoms with Crippen LogP contribution in [0.3, 0.4) is 0 Å². The molecule has 0 unspecified atom stereocenters. The lowest BCUT2D eigenvalue weighted by Crippen LogP contribution is -2.27. The number of halogens is 1. The molecule has 0 saturated carbocycles. The first kappa shape index (κ1) is 16.0. The van der Waals surface area contributed by atoms with Gasteiger partial charge in [-0.15, -0.1) is 0 Å². The van der Waals surface area contributed by atoms with Crippen LogP contribution in [0.2, 0.25) is 0 Å². The zero-order chi connectivity index (χ0) is 17.4. The number of hydrogen-bond acceptors (Lipinski definition) is 3. The van der Waals surface area contributed by atoms with Gasteiger partial charge in [-0.2, -0.15) is 16.4 Å². The molecule has 0 N–H and O–H groups in total. The first-order valence-corrected chi connectivity index (χ1v) is 9.21. The van der Waals surface area contributed by atoms with Gasteiger partial charge in [-0.25, -0.2) is 9.07 Å². The minimum atomic E-state index is -0.278. The zero-order valence-corrected chi connectivity index (χ0v) is 14.7. The number of fused-ring (bicyclic) bond motifs is 1. The minimum Gasteiger partial charge on any atom is -0.336 e. The van der Waals surface area contributed by atoms with Crippen LogP contribution in [-0.4, -0.2) is 27.6 Å². The second kappa shape index (κ2) is 6.44. The number of amides is 1. The molecule has 1 aromatic carbocycles. The molecule has 0 aliphatic heterocycles. The lowest BCUT2D eigenvalue weighted by molar-refractivity contribution is 0.0778. The summed E-state index contributed by atoms with van der Waals surface area (Å²) in [5, 5.41) is 8.64. The largest absolute Gasteiger partial charge is 0.336 e. The maximum absolute atomic E-state index is 13.2. The highest BCUT2D eigenvalue weighted by Crippen LogP contribution is 2.28. The standard InChI is InChI=1S/C19H18FN3OS/c1-22(11-13-9-10-25-12-13)19(24)18-16-3-2-4-17(16)23(21-18)15-7-5-14(20)6-8-15/h5-10,12H,2-4,11H2,1H3. The maximum atomic E-state index is 13.2. The molecule has 1 aliphatic carbocycles. The second-order valence-corrected chi connectivity index (χ2v) is 7.09. The van der Waals surface area contributed by atoms with E-state index in [1.165, 1.54) is 12.1 Å². The van der Waals surface area contributed by atoms with Gasteiger partial charge >= 0.3 is 0 Å². The number of nitrogens with zero attached hydrogens (tertiary/aromatic N) is 3. The summed E-state index contributed by atoms with van der Waals surface area (Å²) >= 11 is 1.62. The Morgan fingerprint density at radius 3 is 2.80 bits per heavy atom. The van der Waals surface area contributed by atoms with Crippen molar-refractivity contribution in [1.29, 1.82) is 0 Å². The van der Waals surface area contributed by atoms with Crippen molar-refractivity contribution in [2.45, 2.75) is 25.8 Å². The van der Waals surface area contributed by atoms with Gasteiger partial charge in [-0.05, 0) is 65.9 Å². The van der Waals surface area contributed by atoms with Crippen LogP contribution in [0.1, 0.15) is 33.7 Å². The van der Waals surface area contributed by atoms with Gasteiger partial charge in [0.05, 0.1) is 5.69 Å². The van der Waals surface area contributed by atoms with Crippen molar-refractivity contribution in [2.75, 3.05) is 7.05 Å². The highest BCUT2D eigenvalue weighted by molar-refractivity contribution is 7.07. The number of benzene rings is 1. The number of hydrogen-bond donors (Lipinski definition) is 0. The summed E-state index contributed by atoms with van der Waals surface area (Å²) in [6, 6.07) is 8.26. The molecule has 25 heavy (non-hydrogen) atoms. The second-order valence-electron chi connectivity index (χ2n) is 6.31. The van der Waals surface area contributed by atoms with E-state index in [2.05, 4.69) is 5.10 Å². The number of carbonyl (C=O) groups is 1. The smallest absolute Gasteiger partial charge is 0.274 e. The molecule has 1 amide bonds. The highest BCUT2D eigenvalue weighted by atomic mass is 32.1. The quantitative estimate of drug-likeness (QED) is 0.713. The van der Waals surface area contributed by atoms with Crippen molar-refractivity contribution in [3.8, 4) is 5.69 Å². The Labute approximate surface area is 149 Å². The first-order valence-electron chi connectivity index (χ1n) is 8.27. The predicted molar refractivity (Wildman–Crippen MR) is 95.7 cm³/mol. The van der Waals surface area contributed by atoms with Crippen LogP contribution in [-0.2, 0) is 19.4 Å². The average Bonchev–Trinajstić information content (AvgIpc) is 3.32. The van der Waals surface area contributed by atoms with Gasteiger partial charge in [0.15, 0.2) is 5.69 Å². The highest BCUT2D eigenvalue weighted by Gasteiger charge is 2.28. The van der Waals surface area contributed by atoms with Crippen molar-refractivity contribution >= 4 is 17.2 Å². The topological polar surface area (TPSA) is 38.1 Å². The van der Waals surface area contributed by atoms with E-state index in [-0.39, 0.29) is 11.7 Å². The molecule has 3 aromatic rings. The third-order valence-corrected chi connectivity index (χ3v) is 5.28. The number of carbonyl (C=O) groups excluding carboxylic acids is 1.